The second-order valence-corrected chi connectivity index (χ2v) is 5.96. The summed E-state index contributed by atoms with van der Waals surface area (Å²) in [6.45, 7) is 4.17. The molecule has 3 rings (SSSR count). The Kier molecular flexibility index (Phi) is 4.84. The van der Waals surface area contributed by atoms with Gasteiger partial charge < -0.3 is 19.3 Å². The fourth-order valence-electron chi connectivity index (χ4n) is 2.58. The Hall–Kier alpha value is -2.04. The van der Waals surface area contributed by atoms with Crippen LogP contribution in [0.15, 0.2) is 48.5 Å². The Morgan fingerprint density at radius 3 is 1.83 bits per heavy atom. The lowest BCUT2D eigenvalue weighted by molar-refractivity contribution is -0.133. The summed E-state index contributed by atoms with van der Waals surface area (Å²) >= 11 is 0. The van der Waals surface area contributed by atoms with Crippen LogP contribution in [0.5, 0.6) is 11.5 Å². The van der Waals surface area contributed by atoms with Crippen LogP contribution in [0.25, 0.3) is 11.1 Å². The van der Waals surface area contributed by atoms with Gasteiger partial charge in [-0.2, -0.15) is 0 Å². The standard InChI is InChI=1S/C19H22O4/c1-2-19(11-21-12-19)13-22-17-7-3-15(4-8-17)16-5-9-18(10-6-16)23-14-20/h3-10,20H,2,11-14H2,1H3. The molecule has 0 aliphatic carbocycles. The maximum absolute atomic E-state index is 8.74. The Labute approximate surface area is 136 Å². The molecule has 4 nitrogen and oxygen atoms in total. The Bertz CT molecular complexity index is 609. The minimum atomic E-state index is -0.310. The molecule has 0 saturated carbocycles. The largest absolute Gasteiger partial charge is 0.493 e. The second-order valence-electron chi connectivity index (χ2n) is 5.96. The summed E-state index contributed by atoms with van der Waals surface area (Å²) in [7, 11) is 0. The third-order valence-corrected chi connectivity index (χ3v) is 4.38. The zero-order valence-electron chi connectivity index (χ0n) is 13.3. The molecule has 2 aromatic rings. The van der Waals surface area contributed by atoms with Crippen molar-refractivity contribution in [1.82, 2.24) is 0 Å². The van der Waals surface area contributed by atoms with Crippen molar-refractivity contribution in [2.24, 2.45) is 5.41 Å². The summed E-state index contributed by atoms with van der Waals surface area (Å²) in [5, 5.41) is 8.74. The maximum atomic E-state index is 8.74. The van der Waals surface area contributed by atoms with Gasteiger partial charge in [-0.25, -0.2) is 0 Å². The lowest BCUT2D eigenvalue weighted by Gasteiger charge is -2.40. The maximum Gasteiger partial charge on any atom is 0.186 e. The van der Waals surface area contributed by atoms with Crippen molar-refractivity contribution in [3.05, 3.63) is 48.5 Å². The summed E-state index contributed by atoms with van der Waals surface area (Å²) in [4.78, 5) is 0. The molecule has 0 bridgehead atoms. The molecule has 122 valence electrons. The van der Waals surface area contributed by atoms with Crippen LogP contribution in [-0.2, 0) is 4.74 Å². The minimum Gasteiger partial charge on any atom is -0.493 e. The van der Waals surface area contributed by atoms with Crippen LogP contribution in [0.1, 0.15) is 13.3 Å². The van der Waals surface area contributed by atoms with Gasteiger partial charge in [0.15, 0.2) is 6.79 Å². The first-order chi connectivity index (χ1) is 11.2. The molecule has 1 aliphatic rings. The van der Waals surface area contributed by atoms with Crippen molar-refractivity contribution < 1.29 is 19.3 Å². The molecule has 1 aliphatic heterocycles. The van der Waals surface area contributed by atoms with Crippen molar-refractivity contribution in [3.8, 4) is 22.6 Å². The molecule has 0 spiro atoms. The van der Waals surface area contributed by atoms with Crippen LogP contribution in [0.4, 0.5) is 0 Å². The van der Waals surface area contributed by atoms with Gasteiger partial charge in [-0.3, -0.25) is 0 Å². The Morgan fingerprint density at radius 1 is 0.913 bits per heavy atom. The third kappa shape index (κ3) is 3.66. The van der Waals surface area contributed by atoms with Crippen molar-refractivity contribution in [1.29, 1.82) is 0 Å². The van der Waals surface area contributed by atoms with Gasteiger partial charge in [0.25, 0.3) is 0 Å². The van der Waals surface area contributed by atoms with E-state index in [4.69, 9.17) is 19.3 Å². The van der Waals surface area contributed by atoms with Crippen molar-refractivity contribution in [2.75, 3.05) is 26.6 Å². The highest BCUT2D eigenvalue weighted by atomic mass is 16.6. The van der Waals surface area contributed by atoms with E-state index in [0.29, 0.717) is 12.4 Å². The first-order valence-electron chi connectivity index (χ1n) is 7.89. The number of aliphatic hydroxyl groups is 1. The predicted octanol–water partition coefficient (Wildman–Crippen LogP) is 3.49. The molecule has 1 N–H and O–H groups in total. The van der Waals surface area contributed by atoms with Crippen LogP contribution < -0.4 is 9.47 Å². The predicted molar refractivity (Wildman–Crippen MR) is 88.6 cm³/mol. The summed E-state index contributed by atoms with van der Waals surface area (Å²) in [6, 6.07) is 15.7. The van der Waals surface area contributed by atoms with Gasteiger partial charge in [0.05, 0.1) is 25.2 Å². The second kappa shape index (κ2) is 7.02. The number of benzene rings is 2. The first kappa shape index (κ1) is 15.8. The number of rotatable bonds is 7. The molecule has 2 aromatic carbocycles. The molecule has 0 radical (unpaired) electrons. The van der Waals surface area contributed by atoms with E-state index in [1.54, 1.807) is 0 Å². The van der Waals surface area contributed by atoms with E-state index in [1.165, 1.54) is 0 Å². The molecule has 0 atom stereocenters. The smallest absolute Gasteiger partial charge is 0.186 e. The SMILES string of the molecule is CCC1(COc2ccc(-c3ccc(OCO)cc3)cc2)COC1. The highest BCUT2D eigenvalue weighted by Crippen LogP contribution is 2.32. The van der Waals surface area contributed by atoms with Crippen molar-refractivity contribution in [2.45, 2.75) is 13.3 Å². The molecule has 23 heavy (non-hydrogen) atoms. The molecular formula is C19H22O4. The van der Waals surface area contributed by atoms with Gasteiger partial charge >= 0.3 is 0 Å². The number of hydrogen-bond acceptors (Lipinski definition) is 4. The molecule has 0 unspecified atom stereocenters. The summed E-state index contributed by atoms with van der Waals surface area (Å²) in [6.07, 6.45) is 1.08. The van der Waals surface area contributed by atoms with E-state index in [1.807, 2.05) is 48.5 Å². The van der Waals surface area contributed by atoms with Crippen LogP contribution in [-0.4, -0.2) is 31.7 Å². The van der Waals surface area contributed by atoms with E-state index >= 15 is 0 Å². The van der Waals surface area contributed by atoms with Crippen molar-refractivity contribution in [3.63, 3.8) is 0 Å². The van der Waals surface area contributed by atoms with E-state index in [-0.39, 0.29) is 12.2 Å². The van der Waals surface area contributed by atoms with Gasteiger partial charge in [0.2, 0.25) is 0 Å². The summed E-state index contributed by atoms with van der Waals surface area (Å²) in [5.74, 6) is 1.54. The van der Waals surface area contributed by atoms with Gasteiger partial charge in [-0.05, 0) is 41.8 Å². The van der Waals surface area contributed by atoms with Crippen LogP contribution in [0.2, 0.25) is 0 Å². The molecular weight excluding hydrogens is 292 g/mol. The van der Waals surface area contributed by atoms with Gasteiger partial charge in [-0.15, -0.1) is 0 Å². The van der Waals surface area contributed by atoms with E-state index in [2.05, 4.69) is 6.92 Å². The van der Waals surface area contributed by atoms with E-state index in [0.717, 1.165) is 36.5 Å². The molecule has 1 saturated heterocycles. The fraction of sp³-hybridized carbons (Fsp3) is 0.368. The average molecular weight is 314 g/mol. The Morgan fingerprint density at radius 2 is 1.43 bits per heavy atom. The minimum absolute atomic E-state index is 0.196. The molecule has 1 fully saturated rings. The topological polar surface area (TPSA) is 47.9 Å². The van der Waals surface area contributed by atoms with E-state index in [9.17, 15) is 0 Å². The molecule has 0 amide bonds. The van der Waals surface area contributed by atoms with Gasteiger partial charge in [0.1, 0.15) is 11.5 Å². The molecule has 4 heteroatoms. The van der Waals surface area contributed by atoms with E-state index < -0.39 is 0 Å². The quantitative estimate of drug-likeness (QED) is 0.795. The summed E-state index contributed by atoms with van der Waals surface area (Å²) in [5.41, 5.74) is 2.41. The molecule has 1 heterocycles. The highest BCUT2D eigenvalue weighted by Gasteiger charge is 2.37. The zero-order valence-corrected chi connectivity index (χ0v) is 13.3. The highest BCUT2D eigenvalue weighted by molar-refractivity contribution is 5.64. The van der Waals surface area contributed by atoms with Gasteiger partial charge in [0, 0.05) is 0 Å². The van der Waals surface area contributed by atoms with Crippen molar-refractivity contribution >= 4 is 0 Å². The Balaban J connectivity index is 1.62. The van der Waals surface area contributed by atoms with Crippen LogP contribution in [0, 0.1) is 5.41 Å². The number of ether oxygens (including phenoxy) is 3. The number of hydrogen-bond donors (Lipinski definition) is 1. The van der Waals surface area contributed by atoms with Gasteiger partial charge in [-0.1, -0.05) is 31.2 Å². The third-order valence-electron chi connectivity index (χ3n) is 4.38. The van der Waals surface area contributed by atoms with Crippen LogP contribution in [0.3, 0.4) is 0 Å². The first-order valence-corrected chi connectivity index (χ1v) is 7.89. The molecule has 0 aromatic heterocycles. The fourth-order valence-corrected chi connectivity index (χ4v) is 2.58. The average Bonchev–Trinajstić information content (AvgIpc) is 2.56. The normalized spacial score (nSPS) is 15.7. The lowest BCUT2D eigenvalue weighted by Crippen LogP contribution is -2.46. The van der Waals surface area contributed by atoms with Crippen LogP contribution >= 0.6 is 0 Å². The number of aliphatic hydroxyl groups excluding tert-OH is 1. The zero-order chi connectivity index (χ0) is 16.1. The lowest BCUT2D eigenvalue weighted by atomic mass is 9.84. The summed E-state index contributed by atoms with van der Waals surface area (Å²) < 4.78 is 16.3. The monoisotopic (exact) mass is 314 g/mol.